The molecule has 92 valence electrons. The van der Waals surface area contributed by atoms with Crippen molar-refractivity contribution in [1.82, 2.24) is 14.9 Å². The Hall–Kier alpha value is -0.870. The second kappa shape index (κ2) is 4.97. The van der Waals surface area contributed by atoms with E-state index in [1.165, 1.54) is 0 Å². The molecule has 1 heterocycles. The van der Waals surface area contributed by atoms with Crippen LogP contribution < -0.4 is 5.32 Å². The topological polar surface area (TPSA) is 50.1 Å². The van der Waals surface area contributed by atoms with E-state index in [9.17, 15) is 5.11 Å². The summed E-state index contributed by atoms with van der Waals surface area (Å²) in [6.07, 6.45) is 6.59. The molecule has 0 amide bonds. The lowest BCUT2D eigenvalue weighted by Crippen LogP contribution is -2.56. The smallest absolute Gasteiger partial charge is 0.0945 e. The molecule has 0 atom stereocenters. The third-order valence-electron chi connectivity index (χ3n) is 3.25. The summed E-state index contributed by atoms with van der Waals surface area (Å²) in [6.45, 7) is 9.53. The maximum atomic E-state index is 9.95. The van der Waals surface area contributed by atoms with Gasteiger partial charge in [0.1, 0.15) is 0 Å². The molecule has 0 saturated heterocycles. The first-order valence-electron chi connectivity index (χ1n) is 5.76. The fraction of sp³-hybridized carbons (Fsp3) is 0.750. The van der Waals surface area contributed by atoms with E-state index in [0.29, 0.717) is 0 Å². The predicted octanol–water partition coefficient (Wildman–Crippen LogP) is 1.41. The van der Waals surface area contributed by atoms with Crippen molar-refractivity contribution in [2.24, 2.45) is 0 Å². The highest BCUT2D eigenvalue weighted by Crippen LogP contribution is 2.20. The average Bonchev–Trinajstić information content (AvgIpc) is 2.63. The largest absolute Gasteiger partial charge is 0.389 e. The van der Waals surface area contributed by atoms with Crippen LogP contribution in [-0.4, -0.2) is 32.3 Å². The van der Waals surface area contributed by atoms with Gasteiger partial charge in [0.25, 0.3) is 0 Å². The average molecular weight is 225 g/mol. The van der Waals surface area contributed by atoms with Gasteiger partial charge in [-0.3, -0.25) is 0 Å². The summed E-state index contributed by atoms with van der Waals surface area (Å²) < 4.78 is 2.05. The summed E-state index contributed by atoms with van der Waals surface area (Å²) in [5.41, 5.74) is -0.996. The van der Waals surface area contributed by atoms with E-state index in [-0.39, 0.29) is 5.54 Å². The standard InChI is InChI=1S/C12H23N3O/c1-11(2,12(3,4)16)14-6-5-8-15-9-7-13-10-15/h7,9-10,14,16H,5-6,8H2,1-4H3. The van der Waals surface area contributed by atoms with E-state index in [2.05, 4.69) is 14.9 Å². The number of nitrogens with one attached hydrogen (secondary N) is 1. The molecule has 16 heavy (non-hydrogen) atoms. The van der Waals surface area contributed by atoms with Gasteiger partial charge in [-0.05, 0) is 40.7 Å². The van der Waals surface area contributed by atoms with Crippen molar-refractivity contribution in [1.29, 1.82) is 0 Å². The van der Waals surface area contributed by atoms with Gasteiger partial charge in [0, 0.05) is 24.5 Å². The van der Waals surface area contributed by atoms with Crippen molar-refractivity contribution < 1.29 is 5.11 Å². The van der Waals surface area contributed by atoms with Crippen LogP contribution >= 0.6 is 0 Å². The summed E-state index contributed by atoms with van der Waals surface area (Å²) in [7, 11) is 0. The SMILES string of the molecule is CC(C)(O)C(C)(C)NCCCn1ccnc1. The van der Waals surface area contributed by atoms with E-state index in [4.69, 9.17) is 0 Å². The quantitative estimate of drug-likeness (QED) is 0.720. The van der Waals surface area contributed by atoms with Crippen molar-refractivity contribution >= 4 is 0 Å². The summed E-state index contributed by atoms with van der Waals surface area (Å²) in [5.74, 6) is 0. The van der Waals surface area contributed by atoms with Crippen LogP contribution in [-0.2, 0) is 6.54 Å². The monoisotopic (exact) mass is 225 g/mol. The number of hydrogen-bond acceptors (Lipinski definition) is 3. The molecule has 1 aromatic heterocycles. The predicted molar refractivity (Wildman–Crippen MR) is 65.2 cm³/mol. The van der Waals surface area contributed by atoms with E-state index in [1.807, 2.05) is 40.2 Å². The van der Waals surface area contributed by atoms with E-state index in [1.54, 1.807) is 6.20 Å². The van der Waals surface area contributed by atoms with Crippen molar-refractivity contribution in [3.8, 4) is 0 Å². The van der Waals surface area contributed by atoms with Crippen LogP contribution in [0.25, 0.3) is 0 Å². The minimum atomic E-state index is -0.720. The molecule has 0 saturated carbocycles. The Bertz CT molecular complexity index is 299. The lowest BCUT2D eigenvalue weighted by atomic mass is 9.86. The first kappa shape index (κ1) is 13.2. The third kappa shape index (κ3) is 3.61. The Balaban J connectivity index is 2.25. The van der Waals surface area contributed by atoms with Gasteiger partial charge in [0.05, 0.1) is 11.9 Å². The maximum absolute atomic E-state index is 9.95. The molecular weight excluding hydrogens is 202 g/mol. The molecule has 0 aromatic carbocycles. The van der Waals surface area contributed by atoms with Crippen LogP contribution in [0.5, 0.6) is 0 Å². The number of aromatic nitrogens is 2. The van der Waals surface area contributed by atoms with Crippen molar-refractivity contribution in [3.05, 3.63) is 18.7 Å². The zero-order valence-electron chi connectivity index (χ0n) is 10.7. The zero-order valence-corrected chi connectivity index (χ0v) is 10.7. The minimum absolute atomic E-state index is 0.276. The molecule has 0 bridgehead atoms. The van der Waals surface area contributed by atoms with Crippen LogP contribution in [0.3, 0.4) is 0 Å². The molecule has 4 nitrogen and oxygen atoms in total. The van der Waals surface area contributed by atoms with Gasteiger partial charge < -0.3 is 15.0 Å². The Kier molecular flexibility index (Phi) is 4.10. The number of hydrogen-bond donors (Lipinski definition) is 2. The second-order valence-corrected chi connectivity index (χ2v) is 5.26. The van der Waals surface area contributed by atoms with Crippen LogP contribution in [0.15, 0.2) is 18.7 Å². The Morgan fingerprint density at radius 3 is 2.50 bits per heavy atom. The highest BCUT2D eigenvalue weighted by Gasteiger charge is 2.33. The van der Waals surface area contributed by atoms with E-state index in [0.717, 1.165) is 19.5 Å². The van der Waals surface area contributed by atoms with Crippen LogP contribution in [0.1, 0.15) is 34.1 Å². The Labute approximate surface area is 97.7 Å². The summed E-state index contributed by atoms with van der Waals surface area (Å²) in [4.78, 5) is 3.99. The highest BCUT2D eigenvalue weighted by molar-refractivity contribution is 4.93. The van der Waals surface area contributed by atoms with Crippen LogP contribution in [0, 0.1) is 0 Å². The highest BCUT2D eigenvalue weighted by atomic mass is 16.3. The van der Waals surface area contributed by atoms with Gasteiger partial charge in [0.15, 0.2) is 0 Å². The molecule has 0 unspecified atom stereocenters. The molecule has 0 spiro atoms. The number of rotatable bonds is 6. The maximum Gasteiger partial charge on any atom is 0.0945 e. The Morgan fingerprint density at radius 1 is 1.31 bits per heavy atom. The molecule has 0 fully saturated rings. The molecule has 2 N–H and O–H groups in total. The molecule has 0 aliphatic rings. The Morgan fingerprint density at radius 2 is 2.00 bits per heavy atom. The van der Waals surface area contributed by atoms with E-state index < -0.39 is 5.60 Å². The summed E-state index contributed by atoms with van der Waals surface area (Å²) >= 11 is 0. The van der Waals surface area contributed by atoms with Gasteiger partial charge >= 0.3 is 0 Å². The van der Waals surface area contributed by atoms with Gasteiger partial charge in [0.2, 0.25) is 0 Å². The van der Waals surface area contributed by atoms with Crippen molar-refractivity contribution in [2.75, 3.05) is 6.54 Å². The lowest BCUT2D eigenvalue weighted by Gasteiger charge is -2.38. The minimum Gasteiger partial charge on any atom is -0.389 e. The molecule has 0 radical (unpaired) electrons. The molecule has 1 aromatic rings. The van der Waals surface area contributed by atoms with Crippen LogP contribution in [0.4, 0.5) is 0 Å². The third-order valence-corrected chi connectivity index (χ3v) is 3.25. The number of imidazole rings is 1. The lowest BCUT2D eigenvalue weighted by molar-refractivity contribution is -0.00446. The summed E-state index contributed by atoms with van der Waals surface area (Å²) in [6, 6.07) is 0. The first-order valence-corrected chi connectivity index (χ1v) is 5.76. The van der Waals surface area contributed by atoms with Crippen molar-refractivity contribution in [2.45, 2.75) is 51.8 Å². The number of aryl methyl sites for hydroxylation is 1. The first-order chi connectivity index (χ1) is 7.33. The number of nitrogens with zero attached hydrogens (tertiary/aromatic N) is 2. The van der Waals surface area contributed by atoms with Crippen LogP contribution in [0.2, 0.25) is 0 Å². The number of aliphatic hydroxyl groups is 1. The summed E-state index contributed by atoms with van der Waals surface area (Å²) in [5, 5.41) is 13.3. The van der Waals surface area contributed by atoms with E-state index >= 15 is 0 Å². The molecule has 0 aliphatic heterocycles. The fourth-order valence-corrected chi connectivity index (χ4v) is 1.30. The van der Waals surface area contributed by atoms with Gasteiger partial charge in [-0.2, -0.15) is 0 Å². The fourth-order valence-electron chi connectivity index (χ4n) is 1.30. The second-order valence-electron chi connectivity index (χ2n) is 5.26. The van der Waals surface area contributed by atoms with Gasteiger partial charge in [-0.1, -0.05) is 0 Å². The molecule has 0 aliphatic carbocycles. The zero-order chi connectivity index (χ0) is 12.2. The van der Waals surface area contributed by atoms with Crippen molar-refractivity contribution in [3.63, 3.8) is 0 Å². The van der Waals surface area contributed by atoms with Gasteiger partial charge in [-0.25, -0.2) is 4.98 Å². The molecular formula is C12H23N3O. The molecule has 1 rings (SSSR count). The molecule has 4 heteroatoms. The van der Waals surface area contributed by atoms with Gasteiger partial charge in [-0.15, -0.1) is 0 Å². The normalized spacial score (nSPS) is 13.1.